The van der Waals surface area contributed by atoms with E-state index in [9.17, 15) is 4.57 Å². The van der Waals surface area contributed by atoms with Crippen LogP contribution in [0.5, 0.6) is 5.75 Å². The number of aromatic nitrogens is 6. The van der Waals surface area contributed by atoms with Crippen molar-refractivity contribution in [3.05, 3.63) is 59.7 Å². The molecule has 262 valence electrons. The molecule has 7 rings (SSSR count). The number of ether oxygens (including phenoxy) is 2. The van der Waals surface area contributed by atoms with Crippen LogP contribution < -0.4 is 30.9 Å². The lowest BCUT2D eigenvalue weighted by molar-refractivity contribution is -0.0968. The summed E-state index contributed by atoms with van der Waals surface area (Å²) >= 11 is 3.59. The summed E-state index contributed by atoms with van der Waals surface area (Å²) in [5.74, 6) is 1.99. The van der Waals surface area contributed by atoms with E-state index in [1.54, 1.807) is 39.0 Å². The number of halogens is 1. The van der Waals surface area contributed by atoms with E-state index >= 15 is 0 Å². The van der Waals surface area contributed by atoms with E-state index in [0.29, 0.717) is 55.6 Å². The SMILES string of the molecule is COc1cc(N2CCC(C3(C)CNCCO3)CC2)c(-c2cnn(C)c2)cc1Nc1ncc(Br)c(Nc2ccc3nccnc3c2P(C)(C)=O)n1. The molecule has 13 nitrogen and oxygen atoms in total. The first kappa shape index (κ1) is 34.4. The van der Waals surface area contributed by atoms with Gasteiger partial charge in [-0.2, -0.15) is 10.1 Å². The molecule has 0 saturated carbocycles. The first-order valence-corrected chi connectivity index (χ1v) is 20.1. The molecule has 1 unspecified atom stereocenters. The fraction of sp³-hybridized carbons (Fsp3) is 0.400. The topological polar surface area (TPSA) is 144 Å². The highest BCUT2D eigenvalue weighted by Crippen LogP contribution is 2.44. The Morgan fingerprint density at radius 1 is 1.08 bits per heavy atom. The van der Waals surface area contributed by atoms with Crippen molar-refractivity contribution in [3.8, 4) is 16.9 Å². The van der Waals surface area contributed by atoms with Crippen LogP contribution in [0, 0.1) is 5.92 Å². The number of fused-ring (bicyclic) bond motifs is 1. The number of benzene rings is 2. The number of nitrogens with one attached hydrogen (secondary N) is 3. The molecule has 15 heteroatoms. The highest BCUT2D eigenvalue weighted by atomic mass is 79.9. The highest BCUT2D eigenvalue weighted by molar-refractivity contribution is 9.10. The second kappa shape index (κ2) is 13.9. The van der Waals surface area contributed by atoms with Crippen molar-refractivity contribution in [1.29, 1.82) is 0 Å². The van der Waals surface area contributed by atoms with Crippen molar-refractivity contribution in [2.75, 3.05) is 68.8 Å². The molecule has 5 heterocycles. The summed E-state index contributed by atoms with van der Waals surface area (Å²) in [5, 5.41) is 15.4. The Labute approximate surface area is 300 Å². The molecule has 2 saturated heterocycles. The fourth-order valence-corrected chi connectivity index (χ4v) is 8.74. The minimum atomic E-state index is -2.77. The van der Waals surface area contributed by atoms with E-state index in [1.165, 1.54) is 0 Å². The van der Waals surface area contributed by atoms with E-state index in [-0.39, 0.29) is 5.60 Å². The van der Waals surface area contributed by atoms with Gasteiger partial charge in [0.1, 0.15) is 24.2 Å². The number of rotatable bonds is 9. The van der Waals surface area contributed by atoms with E-state index in [2.05, 4.69) is 75.9 Å². The third-order valence-corrected chi connectivity index (χ3v) is 11.7. The Morgan fingerprint density at radius 3 is 2.58 bits per heavy atom. The van der Waals surface area contributed by atoms with Crippen LogP contribution in [-0.4, -0.2) is 88.5 Å². The molecule has 3 aromatic heterocycles. The van der Waals surface area contributed by atoms with Gasteiger partial charge in [0.05, 0.1) is 52.2 Å². The van der Waals surface area contributed by atoms with Crippen molar-refractivity contribution >= 4 is 68.2 Å². The summed E-state index contributed by atoms with van der Waals surface area (Å²) in [7, 11) is 0.819. The van der Waals surface area contributed by atoms with E-state index in [0.717, 1.165) is 62.4 Å². The van der Waals surface area contributed by atoms with Gasteiger partial charge in [-0.05, 0) is 73.1 Å². The molecular formula is C35H42BrN10O3P. The summed E-state index contributed by atoms with van der Waals surface area (Å²) < 4.78 is 28.2. The van der Waals surface area contributed by atoms with Gasteiger partial charge in [-0.1, -0.05) is 0 Å². The Kier molecular flexibility index (Phi) is 9.55. The summed E-state index contributed by atoms with van der Waals surface area (Å²) in [5.41, 5.74) is 5.59. The van der Waals surface area contributed by atoms with E-state index in [1.807, 2.05) is 36.3 Å². The van der Waals surface area contributed by atoms with Crippen molar-refractivity contribution in [3.63, 3.8) is 0 Å². The molecule has 2 fully saturated rings. The van der Waals surface area contributed by atoms with Crippen LogP contribution in [0.15, 0.2) is 59.7 Å². The van der Waals surface area contributed by atoms with Gasteiger partial charge < -0.3 is 34.9 Å². The minimum Gasteiger partial charge on any atom is -0.494 e. The smallest absolute Gasteiger partial charge is 0.229 e. The second-order valence-corrected chi connectivity index (χ2v) is 17.5. The van der Waals surface area contributed by atoms with Crippen molar-refractivity contribution in [2.24, 2.45) is 13.0 Å². The Morgan fingerprint density at radius 2 is 1.88 bits per heavy atom. The third kappa shape index (κ3) is 6.94. The molecular weight excluding hydrogens is 719 g/mol. The number of anilines is 5. The third-order valence-electron chi connectivity index (χ3n) is 9.62. The Bertz CT molecular complexity index is 2070. The summed E-state index contributed by atoms with van der Waals surface area (Å²) in [4.78, 5) is 20.7. The fourth-order valence-electron chi connectivity index (χ4n) is 7.06. The molecule has 5 aromatic rings. The van der Waals surface area contributed by atoms with Gasteiger partial charge in [-0.25, -0.2) is 4.98 Å². The zero-order chi connectivity index (χ0) is 35.0. The van der Waals surface area contributed by atoms with Gasteiger partial charge in [0.2, 0.25) is 5.95 Å². The van der Waals surface area contributed by atoms with Crippen LogP contribution in [0.25, 0.3) is 22.2 Å². The first-order valence-electron chi connectivity index (χ1n) is 16.7. The van der Waals surface area contributed by atoms with Crippen molar-refractivity contribution in [1.82, 2.24) is 35.0 Å². The number of hydrogen-bond acceptors (Lipinski definition) is 12. The van der Waals surface area contributed by atoms with E-state index in [4.69, 9.17) is 14.5 Å². The lowest BCUT2D eigenvalue weighted by Gasteiger charge is -2.45. The van der Waals surface area contributed by atoms with Gasteiger partial charge in [-0.3, -0.25) is 14.6 Å². The van der Waals surface area contributed by atoms with Crippen LogP contribution in [0.4, 0.5) is 28.8 Å². The summed E-state index contributed by atoms with van der Waals surface area (Å²) in [6.45, 7) is 10.1. The number of piperidine rings is 1. The van der Waals surface area contributed by atoms with Gasteiger partial charge in [0.25, 0.3) is 0 Å². The molecule has 0 amide bonds. The molecule has 2 aliphatic heterocycles. The standard InChI is InChI=1S/C35H42BrN10O3P/c1-35(21-37-12-15-49-35)23-8-13-46(14-9-23)29-17-30(48-3)28(16-24(29)22-18-41-45(2)20-22)43-34-40-19-25(36)33(44-34)42-27-7-6-26-31(39-11-10-38-26)32(27)50(4,5)47/h6-7,10-11,16-20,23,37H,8-9,12-15,21H2,1-5H3,(H2,40,42,43,44). The molecule has 1 atom stereocenters. The van der Waals surface area contributed by atoms with Gasteiger partial charge in [-0.15, -0.1) is 0 Å². The number of hydrogen-bond donors (Lipinski definition) is 3. The molecule has 0 spiro atoms. The minimum absolute atomic E-state index is 0.142. The molecule has 3 N–H and O–H groups in total. The molecule has 2 aliphatic rings. The highest BCUT2D eigenvalue weighted by Gasteiger charge is 2.39. The van der Waals surface area contributed by atoms with Gasteiger partial charge >= 0.3 is 0 Å². The van der Waals surface area contributed by atoms with Crippen molar-refractivity contribution < 1.29 is 14.0 Å². The average Bonchev–Trinajstić information content (AvgIpc) is 3.55. The zero-order valence-electron chi connectivity index (χ0n) is 28.9. The van der Waals surface area contributed by atoms with Crippen LogP contribution in [0.1, 0.15) is 19.8 Å². The number of morpholine rings is 1. The Hall–Kier alpha value is -4.10. The Balaban J connectivity index is 1.20. The lowest BCUT2D eigenvalue weighted by Crippen LogP contribution is -2.54. The predicted octanol–water partition coefficient (Wildman–Crippen LogP) is 5.92. The average molecular weight is 762 g/mol. The summed E-state index contributed by atoms with van der Waals surface area (Å²) in [6.07, 6.45) is 10.9. The maximum atomic E-state index is 13.5. The van der Waals surface area contributed by atoms with E-state index < -0.39 is 7.14 Å². The largest absolute Gasteiger partial charge is 0.494 e. The monoisotopic (exact) mass is 760 g/mol. The molecule has 0 bridgehead atoms. The second-order valence-electron chi connectivity index (χ2n) is 13.4. The van der Waals surface area contributed by atoms with Crippen LogP contribution in [0.3, 0.4) is 0 Å². The maximum Gasteiger partial charge on any atom is 0.229 e. The quantitative estimate of drug-likeness (QED) is 0.154. The zero-order valence-corrected chi connectivity index (χ0v) is 31.4. The van der Waals surface area contributed by atoms with Gasteiger partial charge in [0, 0.05) is 80.9 Å². The van der Waals surface area contributed by atoms with Crippen LogP contribution in [-0.2, 0) is 16.3 Å². The normalized spacial score (nSPS) is 18.7. The maximum absolute atomic E-state index is 13.5. The molecule has 0 radical (unpaired) electrons. The summed E-state index contributed by atoms with van der Waals surface area (Å²) in [6, 6.07) is 7.88. The van der Waals surface area contributed by atoms with Crippen LogP contribution >= 0.6 is 23.1 Å². The molecule has 50 heavy (non-hydrogen) atoms. The number of methoxy groups -OCH3 is 1. The number of aryl methyl sites for hydroxylation is 1. The first-order chi connectivity index (χ1) is 24.0. The predicted molar refractivity (Wildman–Crippen MR) is 202 cm³/mol. The molecule has 0 aliphatic carbocycles. The molecule has 2 aromatic carbocycles. The van der Waals surface area contributed by atoms with Gasteiger partial charge in [0.15, 0.2) is 0 Å². The van der Waals surface area contributed by atoms with Crippen LogP contribution in [0.2, 0.25) is 0 Å². The lowest BCUT2D eigenvalue weighted by atomic mass is 9.80. The number of nitrogens with zero attached hydrogens (tertiary/aromatic N) is 7. The van der Waals surface area contributed by atoms with Crippen molar-refractivity contribution in [2.45, 2.75) is 25.4 Å².